The van der Waals surface area contributed by atoms with E-state index in [2.05, 4.69) is 57.7 Å². The van der Waals surface area contributed by atoms with E-state index in [0.29, 0.717) is 6.04 Å². The Morgan fingerprint density at radius 3 is 2.60 bits per heavy atom. The molecule has 7 nitrogen and oxygen atoms in total. The fraction of sp³-hybridized carbons (Fsp3) is 0.353. The summed E-state index contributed by atoms with van der Waals surface area (Å²) in [5.41, 5.74) is 0.884. The molecule has 0 amide bonds. The van der Waals surface area contributed by atoms with Crippen LogP contribution in [0.15, 0.2) is 41.7 Å². The van der Waals surface area contributed by atoms with Crippen molar-refractivity contribution in [1.82, 2.24) is 24.9 Å². The summed E-state index contributed by atoms with van der Waals surface area (Å²) in [4.78, 5) is 26.3. The lowest BCUT2D eigenvalue weighted by molar-refractivity contribution is 0.476. The van der Waals surface area contributed by atoms with Crippen molar-refractivity contribution in [2.45, 2.75) is 18.9 Å². The molecule has 128 valence electrons. The molecule has 3 aromatic heterocycles. The van der Waals surface area contributed by atoms with Crippen molar-refractivity contribution in [3.8, 4) is 0 Å². The Balaban J connectivity index is 1.48. The highest BCUT2D eigenvalue weighted by atomic mass is 79.9. The van der Waals surface area contributed by atoms with Gasteiger partial charge in [0.15, 0.2) is 0 Å². The molecule has 0 saturated carbocycles. The van der Waals surface area contributed by atoms with Crippen LogP contribution in [0.25, 0.3) is 10.9 Å². The van der Waals surface area contributed by atoms with Crippen LogP contribution in [0.4, 0.5) is 11.8 Å². The molecule has 1 aliphatic rings. The van der Waals surface area contributed by atoms with Gasteiger partial charge < -0.3 is 9.80 Å². The van der Waals surface area contributed by atoms with Crippen LogP contribution in [0.3, 0.4) is 0 Å². The van der Waals surface area contributed by atoms with E-state index in [0.717, 1.165) is 53.1 Å². The Kier molecular flexibility index (Phi) is 4.44. The van der Waals surface area contributed by atoms with Gasteiger partial charge in [-0.3, -0.25) is 4.98 Å². The van der Waals surface area contributed by atoms with E-state index >= 15 is 0 Å². The van der Waals surface area contributed by atoms with Crippen molar-refractivity contribution in [3.63, 3.8) is 0 Å². The second kappa shape index (κ2) is 6.87. The monoisotopic (exact) mass is 399 g/mol. The molecule has 0 atom stereocenters. The van der Waals surface area contributed by atoms with E-state index in [1.807, 2.05) is 6.07 Å². The predicted molar refractivity (Wildman–Crippen MR) is 101 cm³/mol. The summed E-state index contributed by atoms with van der Waals surface area (Å²) in [5.74, 6) is 1.76. The van der Waals surface area contributed by atoms with Gasteiger partial charge in [-0.25, -0.2) is 19.9 Å². The average Bonchev–Trinajstić information content (AvgIpc) is 2.68. The van der Waals surface area contributed by atoms with Crippen LogP contribution in [0.5, 0.6) is 0 Å². The number of halogens is 1. The van der Waals surface area contributed by atoms with E-state index in [1.165, 1.54) is 0 Å². The molecular formula is C17H18BrN7. The zero-order valence-electron chi connectivity index (χ0n) is 13.9. The van der Waals surface area contributed by atoms with Crippen molar-refractivity contribution in [2.75, 3.05) is 29.9 Å². The lowest BCUT2D eigenvalue weighted by Gasteiger charge is -2.37. The Hall–Kier alpha value is -2.35. The highest BCUT2D eigenvalue weighted by Crippen LogP contribution is 2.27. The molecule has 0 unspecified atom stereocenters. The third kappa shape index (κ3) is 3.26. The number of piperidine rings is 1. The predicted octanol–water partition coefficient (Wildman–Crippen LogP) is 2.68. The number of hydrogen-bond acceptors (Lipinski definition) is 7. The Bertz CT molecular complexity index is 857. The molecule has 0 aliphatic carbocycles. The minimum Gasteiger partial charge on any atom is -0.356 e. The van der Waals surface area contributed by atoms with Crippen LogP contribution in [0, 0.1) is 0 Å². The standard InChI is InChI=1S/C17H18BrN7/c1-24(17-20-8-12(18)9-21-17)13-3-6-25(7-4-13)16-14-2-5-19-10-15(14)22-11-23-16/h2,5,8-11,13H,3-4,6-7H2,1H3. The van der Waals surface area contributed by atoms with Gasteiger partial charge in [-0.05, 0) is 34.8 Å². The maximum absolute atomic E-state index is 4.51. The molecule has 1 fully saturated rings. The van der Waals surface area contributed by atoms with Gasteiger partial charge in [-0.2, -0.15) is 0 Å². The lowest BCUT2D eigenvalue weighted by Crippen LogP contribution is -2.44. The molecule has 0 N–H and O–H groups in total. The summed E-state index contributed by atoms with van der Waals surface area (Å²) >= 11 is 3.38. The summed E-state index contributed by atoms with van der Waals surface area (Å²) in [6.45, 7) is 1.89. The summed E-state index contributed by atoms with van der Waals surface area (Å²) in [6, 6.07) is 2.41. The van der Waals surface area contributed by atoms with Gasteiger partial charge in [0.1, 0.15) is 12.1 Å². The summed E-state index contributed by atoms with van der Waals surface area (Å²) < 4.78 is 0.893. The zero-order valence-corrected chi connectivity index (χ0v) is 15.5. The number of rotatable bonds is 3. The molecule has 4 heterocycles. The minimum absolute atomic E-state index is 0.423. The van der Waals surface area contributed by atoms with Gasteiger partial charge in [-0.1, -0.05) is 0 Å². The van der Waals surface area contributed by atoms with Crippen LogP contribution in [-0.2, 0) is 0 Å². The van der Waals surface area contributed by atoms with Crippen molar-refractivity contribution < 1.29 is 0 Å². The Morgan fingerprint density at radius 1 is 1.08 bits per heavy atom. The Labute approximate surface area is 154 Å². The molecule has 0 spiro atoms. The van der Waals surface area contributed by atoms with Crippen LogP contribution in [0.2, 0.25) is 0 Å². The van der Waals surface area contributed by atoms with Crippen LogP contribution >= 0.6 is 15.9 Å². The molecule has 1 saturated heterocycles. The summed E-state index contributed by atoms with van der Waals surface area (Å²) in [7, 11) is 2.06. The summed E-state index contributed by atoms with van der Waals surface area (Å²) in [5, 5.41) is 1.06. The van der Waals surface area contributed by atoms with E-state index in [4.69, 9.17) is 0 Å². The Morgan fingerprint density at radius 2 is 1.84 bits per heavy atom. The number of nitrogens with zero attached hydrogens (tertiary/aromatic N) is 7. The molecule has 0 radical (unpaired) electrons. The average molecular weight is 400 g/mol. The van der Waals surface area contributed by atoms with E-state index in [9.17, 15) is 0 Å². The molecule has 25 heavy (non-hydrogen) atoms. The van der Waals surface area contributed by atoms with Crippen molar-refractivity contribution in [3.05, 3.63) is 41.7 Å². The number of pyridine rings is 1. The maximum Gasteiger partial charge on any atom is 0.225 e. The number of anilines is 2. The van der Waals surface area contributed by atoms with Crippen LogP contribution < -0.4 is 9.80 Å². The van der Waals surface area contributed by atoms with Gasteiger partial charge in [0.05, 0.1) is 16.2 Å². The molecular weight excluding hydrogens is 382 g/mol. The fourth-order valence-corrected chi connectivity index (χ4v) is 3.47. The summed E-state index contributed by atoms with van der Waals surface area (Å²) in [6.07, 6.45) is 10.8. The van der Waals surface area contributed by atoms with Gasteiger partial charge in [0, 0.05) is 50.2 Å². The first-order valence-corrected chi connectivity index (χ1v) is 9.02. The van der Waals surface area contributed by atoms with E-state index in [1.54, 1.807) is 31.1 Å². The SMILES string of the molecule is CN(c1ncc(Br)cn1)C1CCN(c2ncnc3cnccc23)CC1. The van der Waals surface area contributed by atoms with Gasteiger partial charge in [-0.15, -0.1) is 0 Å². The maximum atomic E-state index is 4.51. The number of fused-ring (bicyclic) bond motifs is 1. The van der Waals surface area contributed by atoms with Crippen LogP contribution in [0.1, 0.15) is 12.8 Å². The molecule has 8 heteroatoms. The van der Waals surface area contributed by atoms with Gasteiger partial charge in [0.2, 0.25) is 5.95 Å². The first-order valence-electron chi connectivity index (χ1n) is 8.22. The molecule has 3 aromatic rings. The van der Waals surface area contributed by atoms with Crippen molar-refractivity contribution in [1.29, 1.82) is 0 Å². The molecule has 4 rings (SSSR count). The first kappa shape index (κ1) is 16.1. The number of hydrogen-bond donors (Lipinski definition) is 0. The van der Waals surface area contributed by atoms with Crippen molar-refractivity contribution >= 4 is 38.6 Å². The van der Waals surface area contributed by atoms with E-state index in [-0.39, 0.29) is 0 Å². The molecule has 0 bridgehead atoms. The number of aromatic nitrogens is 5. The largest absolute Gasteiger partial charge is 0.356 e. The smallest absolute Gasteiger partial charge is 0.225 e. The second-order valence-electron chi connectivity index (χ2n) is 6.12. The highest BCUT2D eigenvalue weighted by molar-refractivity contribution is 9.10. The first-order chi connectivity index (χ1) is 12.2. The highest BCUT2D eigenvalue weighted by Gasteiger charge is 2.25. The minimum atomic E-state index is 0.423. The quantitative estimate of drug-likeness (QED) is 0.670. The third-order valence-electron chi connectivity index (χ3n) is 4.65. The fourth-order valence-electron chi connectivity index (χ4n) is 3.26. The van der Waals surface area contributed by atoms with Crippen LogP contribution in [-0.4, -0.2) is 51.1 Å². The molecule has 1 aliphatic heterocycles. The van der Waals surface area contributed by atoms with Gasteiger partial charge in [0.25, 0.3) is 0 Å². The third-order valence-corrected chi connectivity index (χ3v) is 5.06. The van der Waals surface area contributed by atoms with Crippen molar-refractivity contribution in [2.24, 2.45) is 0 Å². The zero-order chi connectivity index (χ0) is 17.2. The molecule has 0 aromatic carbocycles. The topological polar surface area (TPSA) is 70.9 Å². The lowest BCUT2D eigenvalue weighted by atomic mass is 10.0. The van der Waals surface area contributed by atoms with E-state index < -0.39 is 0 Å². The second-order valence-corrected chi connectivity index (χ2v) is 7.04. The normalized spacial score (nSPS) is 15.5. The van der Waals surface area contributed by atoms with Gasteiger partial charge >= 0.3 is 0 Å².